The summed E-state index contributed by atoms with van der Waals surface area (Å²) in [5.41, 5.74) is 2.70. The van der Waals surface area contributed by atoms with Crippen LogP contribution in [0.25, 0.3) is 22.2 Å². The van der Waals surface area contributed by atoms with Gasteiger partial charge in [-0.05, 0) is 54.0 Å². The number of nitrogens with zero attached hydrogens (tertiary/aromatic N) is 2. The van der Waals surface area contributed by atoms with Gasteiger partial charge in [0.1, 0.15) is 5.82 Å². The van der Waals surface area contributed by atoms with Crippen molar-refractivity contribution in [2.75, 3.05) is 6.61 Å². The highest BCUT2D eigenvalue weighted by atomic mass is 35.5. The molecule has 0 fully saturated rings. The molecule has 4 rings (SSSR count). The van der Waals surface area contributed by atoms with Crippen LogP contribution in [0.2, 0.25) is 5.02 Å². The summed E-state index contributed by atoms with van der Waals surface area (Å²) in [5.74, 6) is 1.11. The molecule has 0 saturated heterocycles. The van der Waals surface area contributed by atoms with E-state index in [1.165, 1.54) is 25.7 Å². The van der Waals surface area contributed by atoms with Gasteiger partial charge < -0.3 is 4.74 Å². The third kappa shape index (κ3) is 6.32. The molecular weight excluding hydrogens is 447 g/mol. The average Bonchev–Trinajstić information content (AvgIpc) is 2.87. The fourth-order valence-electron chi connectivity index (χ4n) is 4.03. The Labute approximate surface area is 206 Å². The van der Waals surface area contributed by atoms with Gasteiger partial charge in [0, 0.05) is 16.0 Å². The molecule has 0 atom stereocenters. The second-order valence-corrected chi connectivity index (χ2v) is 9.04. The van der Waals surface area contributed by atoms with E-state index in [0.29, 0.717) is 40.6 Å². The number of aryl methyl sites for hydroxylation is 2. The van der Waals surface area contributed by atoms with Crippen molar-refractivity contribution in [3.8, 4) is 17.1 Å². The first-order valence-electron chi connectivity index (χ1n) is 12.0. The molecule has 0 spiro atoms. The Bertz CT molecular complexity index is 1210. The van der Waals surface area contributed by atoms with Crippen LogP contribution in [0.5, 0.6) is 5.75 Å². The molecule has 3 nitrogen and oxygen atoms in total. The maximum Gasteiger partial charge on any atom is 0.159 e. The highest BCUT2D eigenvalue weighted by Crippen LogP contribution is 2.27. The lowest BCUT2D eigenvalue weighted by atomic mass is 9.99. The zero-order valence-corrected chi connectivity index (χ0v) is 20.3. The highest BCUT2D eigenvalue weighted by Gasteiger charge is 2.10. The summed E-state index contributed by atoms with van der Waals surface area (Å²) >= 11 is 5.95. The van der Waals surface area contributed by atoms with Crippen LogP contribution >= 0.6 is 11.6 Å². The zero-order valence-electron chi connectivity index (χ0n) is 19.6. The van der Waals surface area contributed by atoms with Gasteiger partial charge in [-0.15, -0.1) is 0 Å². The van der Waals surface area contributed by atoms with Crippen molar-refractivity contribution in [3.05, 3.63) is 89.0 Å². The zero-order chi connectivity index (χ0) is 23.8. The minimum Gasteiger partial charge on any atom is -0.490 e. The number of unbranched alkanes of at least 4 members (excludes halogenated alkanes) is 4. The van der Waals surface area contributed by atoms with Crippen molar-refractivity contribution in [2.24, 2.45) is 0 Å². The fraction of sp³-hybridized carbons (Fsp3) is 0.310. The summed E-state index contributed by atoms with van der Waals surface area (Å²) in [6.45, 7) is 2.89. The average molecular weight is 477 g/mol. The molecule has 0 N–H and O–H groups in total. The minimum atomic E-state index is -0.165. The predicted octanol–water partition coefficient (Wildman–Crippen LogP) is 8.22. The van der Waals surface area contributed by atoms with Crippen LogP contribution in [0.15, 0.2) is 67.0 Å². The van der Waals surface area contributed by atoms with Gasteiger partial charge in [0.25, 0.3) is 0 Å². The van der Waals surface area contributed by atoms with Crippen molar-refractivity contribution >= 4 is 22.4 Å². The molecule has 1 aromatic heterocycles. The van der Waals surface area contributed by atoms with E-state index in [1.54, 1.807) is 12.4 Å². The number of ether oxygens (including phenoxy) is 1. The molecule has 0 bridgehead atoms. The number of fused-ring (bicyclic) bond motifs is 1. The van der Waals surface area contributed by atoms with E-state index in [4.69, 9.17) is 16.3 Å². The van der Waals surface area contributed by atoms with Gasteiger partial charge in [-0.3, -0.25) is 0 Å². The SMILES string of the molecule is CCCCCCCOc1cnc(-c2ccc3c(F)c(CCc4ccc(Cl)cc4)ccc3c2)nc1. The summed E-state index contributed by atoms with van der Waals surface area (Å²) in [4.78, 5) is 8.91. The number of halogens is 2. The van der Waals surface area contributed by atoms with Crippen LogP contribution in [0.4, 0.5) is 4.39 Å². The van der Waals surface area contributed by atoms with Gasteiger partial charge in [0.05, 0.1) is 19.0 Å². The van der Waals surface area contributed by atoms with Crippen LogP contribution < -0.4 is 4.74 Å². The van der Waals surface area contributed by atoms with Crippen LogP contribution in [0.1, 0.15) is 50.2 Å². The van der Waals surface area contributed by atoms with Gasteiger partial charge in [0.15, 0.2) is 11.6 Å². The summed E-state index contributed by atoms with van der Waals surface area (Å²) in [6, 6.07) is 17.2. The molecule has 0 aliphatic carbocycles. The quantitative estimate of drug-likeness (QED) is 0.204. The molecular formula is C29H30ClFN2O. The van der Waals surface area contributed by atoms with E-state index in [9.17, 15) is 0 Å². The lowest BCUT2D eigenvalue weighted by Gasteiger charge is -2.09. The number of hydrogen-bond donors (Lipinski definition) is 0. The molecule has 0 aliphatic heterocycles. The van der Waals surface area contributed by atoms with E-state index in [0.717, 1.165) is 29.4 Å². The summed E-state index contributed by atoms with van der Waals surface area (Å²) in [6.07, 6.45) is 10.8. The van der Waals surface area contributed by atoms with Crippen LogP contribution in [0.3, 0.4) is 0 Å². The van der Waals surface area contributed by atoms with Crippen LogP contribution in [-0.2, 0) is 12.8 Å². The Morgan fingerprint density at radius 2 is 1.62 bits per heavy atom. The molecule has 4 aromatic rings. The van der Waals surface area contributed by atoms with Gasteiger partial charge >= 0.3 is 0 Å². The van der Waals surface area contributed by atoms with Gasteiger partial charge in [0.2, 0.25) is 0 Å². The van der Waals surface area contributed by atoms with Crippen molar-refractivity contribution in [3.63, 3.8) is 0 Å². The van der Waals surface area contributed by atoms with E-state index >= 15 is 4.39 Å². The van der Waals surface area contributed by atoms with E-state index < -0.39 is 0 Å². The molecule has 176 valence electrons. The topological polar surface area (TPSA) is 35.0 Å². The largest absolute Gasteiger partial charge is 0.490 e. The summed E-state index contributed by atoms with van der Waals surface area (Å²) in [5, 5.41) is 2.15. The second-order valence-electron chi connectivity index (χ2n) is 8.61. The van der Waals surface area contributed by atoms with Crippen molar-refractivity contribution in [1.82, 2.24) is 9.97 Å². The number of rotatable bonds is 11. The number of benzene rings is 3. The molecule has 1 heterocycles. The third-order valence-corrected chi connectivity index (χ3v) is 6.29. The summed E-state index contributed by atoms with van der Waals surface area (Å²) in [7, 11) is 0. The Balaban J connectivity index is 1.40. The van der Waals surface area contributed by atoms with Crippen molar-refractivity contribution < 1.29 is 9.13 Å². The molecule has 0 amide bonds. The monoisotopic (exact) mass is 476 g/mol. The Morgan fingerprint density at radius 1 is 0.853 bits per heavy atom. The minimum absolute atomic E-state index is 0.165. The van der Waals surface area contributed by atoms with Crippen molar-refractivity contribution in [1.29, 1.82) is 0 Å². The molecule has 3 aromatic carbocycles. The lowest BCUT2D eigenvalue weighted by Crippen LogP contribution is -1.99. The molecule has 5 heteroatoms. The fourth-order valence-corrected chi connectivity index (χ4v) is 4.16. The lowest BCUT2D eigenvalue weighted by molar-refractivity contribution is 0.302. The summed E-state index contributed by atoms with van der Waals surface area (Å²) < 4.78 is 20.9. The number of hydrogen-bond acceptors (Lipinski definition) is 3. The normalized spacial score (nSPS) is 11.1. The molecule has 0 saturated carbocycles. The molecule has 0 unspecified atom stereocenters. The van der Waals surface area contributed by atoms with Crippen LogP contribution in [-0.4, -0.2) is 16.6 Å². The second kappa shape index (κ2) is 11.9. The van der Waals surface area contributed by atoms with E-state index in [-0.39, 0.29) is 5.82 Å². The maximum atomic E-state index is 15.2. The third-order valence-electron chi connectivity index (χ3n) is 6.03. The first-order chi connectivity index (χ1) is 16.6. The van der Waals surface area contributed by atoms with Crippen LogP contribution in [0, 0.1) is 5.82 Å². The number of aromatic nitrogens is 2. The standard InChI is InChI=1S/C29H30ClFN2O/c1-2-3-4-5-6-17-34-26-19-32-29(33-20-26)24-13-16-27-23(18-24)12-11-22(28(27)31)10-7-21-8-14-25(30)15-9-21/h8-9,11-16,18-20H,2-7,10,17H2,1H3. The smallest absolute Gasteiger partial charge is 0.159 e. The van der Waals surface area contributed by atoms with Crippen molar-refractivity contribution in [2.45, 2.75) is 51.9 Å². The van der Waals surface area contributed by atoms with E-state index in [2.05, 4.69) is 16.9 Å². The Hall–Kier alpha value is -2.98. The Morgan fingerprint density at radius 3 is 2.38 bits per heavy atom. The highest BCUT2D eigenvalue weighted by molar-refractivity contribution is 6.30. The Kier molecular flexibility index (Phi) is 8.48. The molecule has 0 aliphatic rings. The van der Waals surface area contributed by atoms with Gasteiger partial charge in [-0.2, -0.15) is 0 Å². The van der Waals surface area contributed by atoms with E-state index in [1.807, 2.05) is 54.6 Å². The predicted molar refractivity (Wildman–Crippen MR) is 138 cm³/mol. The molecule has 0 radical (unpaired) electrons. The maximum absolute atomic E-state index is 15.2. The van der Waals surface area contributed by atoms with Gasteiger partial charge in [-0.1, -0.05) is 80.6 Å². The molecule has 34 heavy (non-hydrogen) atoms. The first kappa shape index (κ1) is 24.2. The first-order valence-corrected chi connectivity index (χ1v) is 12.4. The van der Waals surface area contributed by atoms with Gasteiger partial charge in [-0.25, -0.2) is 14.4 Å².